The third kappa shape index (κ3) is 6.61. The highest BCUT2D eigenvalue weighted by Gasteiger charge is 2.34. The molecule has 3 atom stereocenters. The van der Waals surface area contributed by atoms with E-state index in [-0.39, 0.29) is 6.10 Å². The molecule has 1 saturated carbocycles. The summed E-state index contributed by atoms with van der Waals surface area (Å²) in [6, 6.07) is 0. The molecule has 0 aromatic carbocycles. The lowest BCUT2D eigenvalue weighted by Crippen LogP contribution is -2.34. The third-order valence-corrected chi connectivity index (χ3v) is 5.35. The summed E-state index contributed by atoms with van der Waals surface area (Å²) in [7, 11) is 0. The van der Waals surface area contributed by atoms with Crippen molar-refractivity contribution in [3.8, 4) is 0 Å². The summed E-state index contributed by atoms with van der Waals surface area (Å²) in [6.45, 7) is 9.36. The Morgan fingerprint density at radius 1 is 0.900 bits per heavy atom. The van der Waals surface area contributed by atoms with E-state index in [2.05, 4.69) is 27.7 Å². The van der Waals surface area contributed by atoms with Crippen molar-refractivity contribution >= 4 is 0 Å². The van der Waals surface area contributed by atoms with Gasteiger partial charge in [-0.15, -0.1) is 0 Å². The predicted octanol–water partition coefficient (Wildman–Crippen LogP) is 5.95. The van der Waals surface area contributed by atoms with Crippen LogP contribution >= 0.6 is 0 Å². The van der Waals surface area contributed by atoms with Gasteiger partial charge in [-0.1, -0.05) is 72.6 Å². The first-order valence-electron chi connectivity index (χ1n) is 9.13. The van der Waals surface area contributed by atoms with Crippen molar-refractivity contribution in [3.05, 3.63) is 0 Å². The first-order valence-corrected chi connectivity index (χ1v) is 9.13. The highest BCUT2D eigenvalue weighted by Crippen LogP contribution is 2.41. The van der Waals surface area contributed by atoms with E-state index in [0.717, 1.165) is 12.3 Å². The quantitative estimate of drug-likeness (QED) is 0.545. The van der Waals surface area contributed by atoms with Crippen molar-refractivity contribution in [3.63, 3.8) is 0 Å². The Labute approximate surface area is 127 Å². The van der Waals surface area contributed by atoms with Crippen LogP contribution in [0.4, 0.5) is 0 Å². The number of hydrogen-bond acceptors (Lipinski definition) is 1. The normalized spacial score (nSPS) is 27.8. The zero-order chi connectivity index (χ0) is 15.0. The second-order valence-electron chi connectivity index (χ2n) is 8.11. The molecule has 3 unspecified atom stereocenters. The molecule has 0 aliphatic heterocycles. The Morgan fingerprint density at radius 3 is 2.10 bits per heavy atom. The van der Waals surface area contributed by atoms with Crippen LogP contribution in [0.15, 0.2) is 0 Å². The Bertz CT molecular complexity index is 241. The van der Waals surface area contributed by atoms with E-state index < -0.39 is 0 Å². The monoisotopic (exact) mass is 282 g/mol. The van der Waals surface area contributed by atoms with Gasteiger partial charge in [0.05, 0.1) is 6.10 Å². The number of hydrogen-bond donors (Lipinski definition) is 1. The maximum absolute atomic E-state index is 10.2. The van der Waals surface area contributed by atoms with Gasteiger partial charge in [0.2, 0.25) is 0 Å². The van der Waals surface area contributed by atoms with Gasteiger partial charge in [0.25, 0.3) is 0 Å². The lowest BCUT2D eigenvalue weighted by atomic mass is 9.67. The summed E-state index contributed by atoms with van der Waals surface area (Å²) in [4.78, 5) is 0. The number of rotatable bonds is 8. The number of aliphatic hydroxyl groups is 1. The van der Waals surface area contributed by atoms with E-state index in [1.165, 1.54) is 64.2 Å². The SMILES string of the molecule is CCCCCCCCCC1CC(C(C)(C)C)CCC1O. The van der Waals surface area contributed by atoms with E-state index in [0.29, 0.717) is 11.3 Å². The van der Waals surface area contributed by atoms with Crippen LogP contribution in [0.2, 0.25) is 0 Å². The molecule has 1 fully saturated rings. The molecule has 0 radical (unpaired) electrons. The van der Waals surface area contributed by atoms with Crippen LogP contribution in [-0.4, -0.2) is 11.2 Å². The molecule has 0 heterocycles. The molecule has 120 valence electrons. The minimum atomic E-state index is -0.0197. The highest BCUT2D eigenvalue weighted by atomic mass is 16.3. The van der Waals surface area contributed by atoms with Crippen molar-refractivity contribution in [2.45, 2.75) is 104 Å². The van der Waals surface area contributed by atoms with Gasteiger partial charge >= 0.3 is 0 Å². The van der Waals surface area contributed by atoms with Gasteiger partial charge in [-0.05, 0) is 42.9 Å². The standard InChI is InChI=1S/C19H38O/c1-5-6-7-8-9-10-11-12-16-15-17(19(2,3)4)13-14-18(16)20/h16-18,20H,5-15H2,1-4H3. The average Bonchev–Trinajstić information content (AvgIpc) is 2.38. The predicted molar refractivity (Wildman–Crippen MR) is 88.9 cm³/mol. The van der Waals surface area contributed by atoms with E-state index in [9.17, 15) is 5.11 Å². The van der Waals surface area contributed by atoms with Gasteiger partial charge in [-0.25, -0.2) is 0 Å². The fraction of sp³-hybridized carbons (Fsp3) is 1.00. The van der Waals surface area contributed by atoms with E-state index in [1.54, 1.807) is 0 Å². The van der Waals surface area contributed by atoms with Crippen molar-refractivity contribution in [1.82, 2.24) is 0 Å². The molecular formula is C19H38O. The molecule has 1 aliphatic carbocycles. The maximum Gasteiger partial charge on any atom is 0.0568 e. The fourth-order valence-corrected chi connectivity index (χ4v) is 3.71. The van der Waals surface area contributed by atoms with Gasteiger partial charge < -0.3 is 5.11 Å². The van der Waals surface area contributed by atoms with Crippen molar-refractivity contribution < 1.29 is 5.11 Å². The van der Waals surface area contributed by atoms with E-state index in [4.69, 9.17) is 0 Å². The third-order valence-electron chi connectivity index (χ3n) is 5.35. The first-order chi connectivity index (χ1) is 9.45. The maximum atomic E-state index is 10.2. The molecule has 0 aromatic heterocycles. The largest absolute Gasteiger partial charge is 0.393 e. The van der Waals surface area contributed by atoms with E-state index >= 15 is 0 Å². The zero-order valence-corrected chi connectivity index (χ0v) is 14.5. The fourth-order valence-electron chi connectivity index (χ4n) is 3.71. The van der Waals surface area contributed by atoms with Gasteiger partial charge in [-0.3, -0.25) is 0 Å². The molecular weight excluding hydrogens is 244 g/mol. The number of aliphatic hydroxyl groups excluding tert-OH is 1. The van der Waals surface area contributed by atoms with Gasteiger partial charge in [-0.2, -0.15) is 0 Å². The molecule has 1 rings (SSSR count). The molecule has 0 saturated heterocycles. The van der Waals surface area contributed by atoms with Crippen LogP contribution in [-0.2, 0) is 0 Å². The molecule has 0 bridgehead atoms. The topological polar surface area (TPSA) is 20.2 Å². The molecule has 1 N–H and O–H groups in total. The Balaban J connectivity index is 2.17. The van der Waals surface area contributed by atoms with Crippen LogP contribution in [0.3, 0.4) is 0 Å². The second-order valence-corrected chi connectivity index (χ2v) is 8.11. The van der Waals surface area contributed by atoms with Crippen LogP contribution in [0.5, 0.6) is 0 Å². The van der Waals surface area contributed by atoms with Crippen LogP contribution < -0.4 is 0 Å². The summed E-state index contributed by atoms with van der Waals surface area (Å²) in [5.74, 6) is 1.38. The minimum Gasteiger partial charge on any atom is -0.393 e. The Morgan fingerprint density at radius 2 is 1.50 bits per heavy atom. The smallest absolute Gasteiger partial charge is 0.0568 e. The van der Waals surface area contributed by atoms with Crippen LogP contribution in [0, 0.1) is 17.3 Å². The van der Waals surface area contributed by atoms with Crippen molar-refractivity contribution in [2.75, 3.05) is 0 Å². The summed E-state index contributed by atoms with van der Waals surface area (Å²) >= 11 is 0. The molecule has 0 aromatic rings. The molecule has 0 amide bonds. The minimum absolute atomic E-state index is 0.0197. The first kappa shape index (κ1) is 18.0. The van der Waals surface area contributed by atoms with E-state index in [1.807, 2.05) is 0 Å². The van der Waals surface area contributed by atoms with Gasteiger partial charge in [0.15, 0.2) is 0 Å². The van der Waals surface area contributed by atoms with Crippen molar-refractivity contribution in [1.29, 1.82) is 0 Å². The Kier molecular flexibility index (Phi) is 8.17. The average molecular weight is 283 g/mol. The van der Waals surface area contributed by atoms with Crippen LogP contribution in [0.1, 0.15) is 98.3 Å². The lowest BCUT2D eigenvalue weighted by Gasteiger charge is -2.40. The summed E-state index contributed by atoms with van der Waals surface area (Å²) in [6.07, 6.45) is 14.4. The molecule has 1 heteroatoms. The summed E-state index contributed by atoms with van der Waals surface area (Å²) in [5, 5.41) is 10.2. The Hall–Kier alpha value is -0.0400. The number of unbranched alkanes of at least 4 members (excludes halogenated alkanes) is 6. The second kappa shape index (κ2) is 9.07. The highest BCUT2D eigenvalue weighted by molar-refractivity contribution is 4.85. The summed E-state index contributed by atoms with van der Waals surface area (Å²) in [5.41, 5.74) is 0.415. The lowest BCUT2D eigenvalue weighted by molar-refractivity contribution is 0.0148. The molecule has 1 nitrogen and oxygen atoms in total. The van der Waals surface area contributed by atoms with Gasteiger partial charge in [0.1, 0.15) is 0 Å². The summed E-state index contributed by atoms with van der Waals surface area (Å²) < 4.78 is 0. The van der Waals surface area contributed by atoms with Crippen molar-refractivity contribution in [2.24, 2.45) is 17.3 Å². The zero-order valence-electron chi connectivity index (χ0n) is 14.5. The van der Waals surface area contributed by atoms with Gasteiger partial charge in [0, 0.05) is 0 Å². The molecule has 0 spiro atoms. The molecule has 1 aliphatic rings. The molecule has 20 heavy (non-hydrogen) atoms. The van der Waals surface area contributed by atoms with Crippen LogP contribution in [0.25, 0.3) is 0 Å².